The Morgan fingerprint density at radius 3 is 2.84 bits per heavy atom. The lowest BCUT2D eigenvalue weighted by atomic mass is 10.4. The van der Waals surface area contributed by atoms with Crippen LogP contribution in [0.1, 0.15) is 19.3 Å². The van der Waals surface area contributed by atoms with Crippen molar-refractivity contribution in [1.82, 2.24) is 9.71 Å². The van der Waals surface area contributed by atoms with E-state index in [0.717, 1.165) is 12.5 Å². The van der Waals surface area contributed by atoms with E-state index >= 15 is 0 Å². The fourth-order valence-corrected chi connectivity index (χ4v) is 2.57. The third-order valence-electron chi connectivity index (χ3n) is 2.88. The summed E-state index contributed by atoms with van der Waals surface area (Å²) in [6.45, 7) is 1.74. The average Bonchev–Trinajstić information content (AvgIpc) is 3.18. The number of pyridine rings is 1. The molecule has 1 saturated carbocycles. The average molecular weight is 285 g/mol. The molecule has 7 heteroatoms. The van der Waals surface area contributed by atoms with Crippen LogP contribution in [0.25, 0.3) is 0 Å². The first kappa shape index (κ1) is 14.2. The van der Waals surface area contributed by atoms with Gasteiger partial charge in [-0.05, 0) is 37.3 Å². The van der Waals surface area contributed by atoms with Crippen LogP contribution in [0.15, 0.2) is 23.2 Å². The highest BCUT2D eigenvalue weighted by molar-refractivity contribution is 7.89. The molecule has 1 heterocycles. The number of sulfonamides is 1. The summed E-state index contributed by atoms with van der Waals surface area (Å²) in [4.78, 5) is 3.89. The van der Waals surface area contributed by atoms with Crippen molar-refractivity contribution in [2.24, 2.45) is 5.92 Å². The minimum absolute atomic E-state index is 0.126. The van der Waals surface area contributed by atoms with Gasteiger partial charge in [-0.15, -0.1) is 0 Å². The van der Waals surface area contributed by atoms with Gasteiger partial charge in [-0.2, -0.15) is 0 Å². The van der Waals surface area contributed by atoms with Crippen molar-refractivity contribution in [2.45, 2.75) is 24.2 Å². The van der Waals surface area contributed by atoms with Crippen LogP contribution in [0.3, 0.4) is 0 Å². The molecule has 1 fully saturated rings. The Balaban J connectivity index is 1.69. The number of nitrogens with zero attached hydrogens (tertiary/aromatic N) is 1. The molecule has 19 heavy (non-hydrogen) atoms. The maximum absolute atomic E-state index is 11.9. The smallest absolute Gasteiger partial charge is 0.242 e. The SMILES string of the molecule is Nc1ccc(S(=O)(=O)NCCCOCC2CC2)cn1. The zero-order valence-corrected chi connectivity index (χ0v) is 11.5. The van der Waals surface area contributed by atoms with E-state index in [9.17, 15) is 8.42 Å². The van der Waals surface area contributed by atoms with E-state index < -0.39 is 10.0 Å². The Labute approximate surface area is 113 Å². The van der Waals surface area contributed by atoms with Crippen LogP contribution < -0.4 is 10.5 Å². The molecule has 1 aromatic rings. The maximum atomic E-state index is 11.9. The van der Waals surface area contributed by atoms with Gasteiger partial charge in [0.25, 0.3) is 0 Å². The summed E-state index contributed by atoms with van der Waals surface area (Å²) in [6, 6.07) is 2.90. The Bertz CT molecular complexity index is 497. The van der Waals surface area contributed by atoms with Crippen LogP contribution in [-0.2, 0) is 14.8 Å². The molecule has 0 saturated heterocycles. The first-order valence-corrected chi connectivity index (χ1v) is 7.85. The number of anilines is 1. The van der Waals surface area contributed by atoms with E-state index in [1.54, 1.807) is 0 Å². The molecule has 2 rings (SSSR count). The lowest BCUT2D eigenvalue weighted by Crippen LogP contribution is -2.25. The molecule has 1 aliphatic carbocycles. The van der Waals surface area contributed by atoms with Gasteiger partial charge in [0.1, 0.15) is 10.7 Å². The molecule has 0 bridgehead atoms. The van der Waals surface area contributed by atoms with E-state index in [-0.39, 0.29) is 4.90 Å². The van der Waals surface area contributed by atoms with Crippen molar-refractivity contribution < 1.29 is 13.2 Å². The molecule has 0 aromatic carbocycles. The molecule has 106 valence electrons. The first-order valence-electron chi connectivity index (χ1n) is 6.37. The number of nitrogens with one attached hydrogen (secondary N) is 1. The van der Waals surface area contributed by atoms with E-state index in [4.69, 9.17) is 10.5 Å². The lowest BCUT2D eigenvalue weighted by molar-refractivity contribution is 0.123. The Kier molecular flexibility index (Phi) is 4.73. The van der Waals surface area contributed by atoms with Crippen LogP contribution in [0.2, 0.25) is 0 Å². The molecule has 0 spiro atoms. The van der Waals surface area contributed by atoms with E-state index in [2.05, 4.69) is 9.71 Å². The largest absolute Gasteiger partial charge is 0.384 e. The molecule has 0 radical (unpaired) electrons. The van der Waals surface area contributed by atoms with Crippen molar-refractivity contribution >= 4 is 15.8 Å². The second-order valence-corrected chi connectivity index (χ2v) is 6.46. The van der Waals surface area contributed by atoms with Crippen molar-refractivity contribution in [3.8, 4) is 0 Å². The fourth-order valence-electron chi connectivity index (χ4n) is 1.55. The highest BCUT2D eigenvalue weighted by Crippen LogP contribution is 2.28. The second-order valence-electron chi connectivity index (χ2n) is 4.69. The lowest BCUT2D eigenvalue weighted by Gasteiger charge is -2.07. The zero-order chi connectivity index (χ0) is 13.7. The molecule has 1 aromatic heterocycles. The summed E-state index contributed by atoms with van der Waals surface area (Å²) in [6.07, 6.45) is 4.43. The van der Waals surface area contributed by atoms with Gasteiger partial charge in [-0.1, -0.05) is 0 Å². The molecule has 0 aliphatic heterocycles. The van der Waals surface area contributed by atoms with Gasteiger partial charge in [0.2, 0.25) is 10.0 Å². The molecule has 6 nitrogen and oxygen atoms in total. The van der Waals surface area contributed by atoms with Gasteiger partial charge < -0.3 is 10.5 Å². The standard InChI is InChI=1S/C12H19N3O3S/c13-12-5-4-11(8-14-12)19(16,17)15-6-1-7-18-9-10-2-3-10/h4-5,8,10,15H,1-3,6-7,9H2,(H2,13,14). The Morgan fingerprint density at radius 1 is 1.42 bits per heavy atom. The summed E-state index contributed by atoms with van der Waals surface area (Å²) in [5.41, 5.74) is 5.41. The molecule has 0 unspecified atom stereocenters. The van der Waals surface area contributed by atoms with E-state index in [1.807, 2.05) is 0 Å². The van der Waals surface area contributed by atoms with Crippen molar-refractivity contribution in [2.75, 3.05) is 25.5 Å². The summed E-state index contributed by atoms with van der Waals surface area (Å²) >= 11 is 0. The number of nitrogens with two attached hydrogens (primary N) is 1. The number of hydrogen-bond donors (Lipinski definition) is 2. The van der Waals surface area contributed by atoms with Crippen molar-refractivity contribution in [1.29, 1.82) is 0 Å². The van der Waals surface area contributed by atoms with Gasteiger partial charge in [-0.3, -0.25) is 0 Å². The van der Waals surface area contributed by atoms with Crippen LogP contribution in [0.5, 0.6) is 0 Å². The molecule has 0 atom stereocenters. The van der Waals surface area contributed by atoms with Crippen LogP contribution in [0, 0.1) is 5.92 Å². The topological polar surface area (TPSA) is 94.3 Å². The quantitative estimate of drug-likeness (QED) is 0.688. The summed E-state index contributed by atoms with van der Waals surface area (Å²) in [5, 5.41) is 0. The number of nitrogen functional groups attached to an aromatic ring is 1. The normalized spacial score (nSPS) is 15.6. The summed E-state index contributed by atoms with van der Waals surface area (Å²) < 4.78 is 31.7. The predicted molar refractivity (Wildman–Crippen MR) is 72.0 cm³/mol. The summed E-state index contributed by atoms with van der Waals surface area (Å²) in [7, 11) is -3.49. The highest BCUT2D eigenvalue weighted by Gasteiger charge is 2.20. The number of ether oxygens (including phenoxy) is 1. The van der Waals surface area contributed by atoms with Crippen LogP contribution >= 0.6 is 0 Å². The first-order chi connectivity index (χ1) is 9.08. The van der Waals surface area contributed by atoms with Crippen molar-refractivity contribution in [3.63, 3.8) is 0 Å². The van der Waals surface area contributed by atoms with E-state index in [0.29, 0.717) is 25.4 Å². The zero-order valence-electron chi connectivity index (χ0n) is 10.7. The van der Waals surface area contributed by atoms with Crippen LogP contribution in [-0.4, -0.2) is 33.2 Å². The van der Waals surface area contributed by atoms with E-state index in [1.165, 1.54) is 31.2 Å². The van der Waals surface area contributed by atoms with Gasteiger partial charge in [0, 0.05) is 26.0 Å². The Morgan fingerprint density at radius 2 is 2.21 bits per heavy atom. The second kappa shape index (κ2) is 6.31. The van der Waals surface area contributed by atoms with Gasteiger partial charge in [-0.25, -0.2) is 18.1 Å². The fraction of sp³-hybridized carbons (Fsp3) is 0.583. The van der Waals surface area contributed by atoms with Gasteiger partial charge in [0.05, 0.1) is 0 Å². The number of aromatic nitrogens is 1. The van der Waals surface area contributed by atoms with Gasteiger partial charge >= 0.3 is 0 Å². The number of rotatable bonds is 8. The molecule has 3 N–H and O–H groups in total. The third-order valence-corrected chi connectivity index (χ3v) is 4.32. The third kappa shape index (κ3) is 4.77. The minimum atomic E-state index is -3.49. The van der Waals surface area contributed by atoms with Crippen LogP contribution in [0.4, 0.5) is 5.82 Å². The maximum Gasteiger partial charge on any atom is 0.242 e. The molecule has 0 amide bonds. The van der Waals surface area contributed by atoms with Gasteiger partial charge in [0.15, 0.2) is 0 Å². The molecular formula is C12H19N3O3S. The summed E-state index contributed by atoms with van der Waals surface area (Å²) in [5.74, 6) is 1.03. The monoisotopic (exact) mass is 285 g/mol. The van der Waals surface area contributed by atoms with Crippen molar-refractivity contribution in [3.05, 3.63) is 18.3 Å². The molecular weight excluding hydrogens is 266 g/mol. The number of hydrogen-bond acceptors (Lipinski definition) is 5. The molecule has 1 aliphatic rings. The highest BCUT2D eigenvalue weighted by atomic mass is 32.2. The Hall–Kier alpha value is -1.18. The minimum Gasteiger partial charge on any atom is -0.384 e. The predicted octanol–water partition coefficient (Wildman–Crippen LogP) is 0.759.